The lowest BCUT2D eigenvalue weighted by Gasteiger charge is -1.90. The fraction of sp³-hybridized carbons (Fsp3) is 0.857. The standard InChI is InChI=1S/C4H9NO.C3H8N2O/c6-4-1-2-5-3-4;4-1-2-5-3-6/h4-6H,1-3H2;3H,1-2,4H2,(H,5,6). The van der Waals surface area contributed by atoms with E-state index in [0.717, 1.165) is 19.5 Å². The van der Waals surface area contributed by atoms with E-state index in [0.29, 0.717) is 19.5 Å². The van der Waals surface area contributed by atoms with Crippen LogP contribution < -0.4 is 16.4 Å². The summed E-state index contributed by atoms with van der Waals surface area (Å²) in [6.07, 6.45) is 1.50. The number of rotatable bonds is 3. The van der Waals surface area contributed by atoms with Gasteiger partial charge in [-0.15, -0.1) is 0 Å². The molecule has 1 atom stereocenters. The van der Waals surface area contributed by atoms with Crippen LogP contribution in [0.1, 0.15) is 6.42 Å². The molecule has 1 heterocycles. The second kappa shape index (κ2) is 8.45. The van der Waals surface area contributed by atoms with Crippen LogP contribution in [0.2, 0.25) is 0 Å². The highest BCUT2D eigenvalue weighted by molar-refractivity contribution is 5.45. The molecule has 0 aromatic heterocycles. The first-order chi connectivity index (χ1) is 5.81. The molecule has 1 aliphatic heterocycles. The second-order valence-corrected chi connectivity index (χ2v) is 2.51. The van der Waals surface area contributed by atoms with Crippen LogP contribution in [0, 0.1) is 0 Å². The van der Waals surface area contributed by atoms with Gasteiger partial charge in [0.05, 0.1) is 6.10 Å². The summed E-state index contributed by atoms with van der Waals surface area (Å²) in [5.74, 6) is 0. The van der Waals surface area contributed by atoms with Crippen LogP contribution in [-0.4, -0.2) is 43.8 Å². The third-order valence-corrected chi connectivity index (χ3v) is 1.41. The Balaban J connectivity index is 0.000000202. The number of aliphatic hydroxyl groups is 1. The first-order valence-electron chi connectivity index (χ1n) is 4.07. The minimum absolute atomic E-state index is 0.0648. The van der Waals surface area contributed by atoms with Crippen molar-refractivity contribution in [1.82, 2.24) is 10.6 Å². The summed E-state index contributed by atoms with van der Waals surface area (Å²) in [7, 11) is 0. The molecule has 1 amide bonds. The number of amides is 1. The normalized spacial score (nSPS) is 21.0. The molecule has 0 radical (unpaired) electrons. The van der Waals surface area contributed by atoms with Crippen molar-refractivity contribution in [2.45, 2.75) is 12.5 Å². The minimum atomic E-state index is -0.0648. The molecule has 0 bridgehead atoms. The van der Waals surface area contributed by atoms with E-state index in [1.165, 1.54) is 0 Å². The highest BCUT2D eigenvalue weighted by Crippen LogP contribution is 1.93. The molecule has 5 heteroatoms. The van der Waals surface area contributed by atoms with Crippen molar-refractivity contribution in [2.75, 3.05) is 26.2 Å². The van der Waals surface area contributed by atoms with Crippen LogP contribution in [0.25, 0.3) is 0 Å². The molecule has 1 rings (SSSR count). The van der Waals surface area contributed by atoms with Gasteiger partial charge in [-0.05, 0) is 13.0 Å². The third-order valence-electron chi connectivity index (χ3n) is 1.41. The van der Waals surface area contributed by atoms with E-state index < -0.39 is 0 Å². The molecular weight excluding hydrogens is 158 g/mol. The SMILES string of the molecule is NCCNC=O.OC1CCNC1. The number of carbonyl (C=O) groups is 1. The Labute approximate surface area is 72.3 Å². The van der Waals surface area contributed by atoms with Crippen LogP contribution in [0.15, 0.2) is 0 Å². The molecule has 12 heavy (non-hydrogen) atoms. The van der Waals surface area contributed by atoms with E-state index in [2.05, 4.69) is 10.6 Å². The van der Waals surface area contributed by atoms with Crippen molar-refractivity contribution in [3.05, 3.63) is 0 Å². The summed E-state index contributed by atoms with van der Waals surface area (Å²) in [6.45, 7) is 2.86. The van der Waals surface area contributed by atoms with Gasteiger partial charge in [0.2, 0.25) is 6.41 Å². The zero-order chi connectivity index (χ0) is 9.23. The fourth-order valence-corrected chi connectivity index (χ4v) is 0.782. The molecule has 1 unspecified atom stereocenters. The van der Waals surface area contributed by atoms with Crippen molar-refractivity contribution < 1.29 is 9.90 Å². The number of carbonyl (C=O) groups excluding carboxylic acids is 1. The molecule has 1 aliphatic rings. The largest absolute Gasteiger partial charge is 0.392 e. The van der Waals surface area contributed by atoms with Gasteiger partial charge in [0.1, 0.15) is 0 Å². The highest BCUT2D eigenvalue weighted by atomic mass is 16.3. The smallest absolute Gasteiger partial charge is 0.207 e. The predicted octanol–water partition coefficient (Wildman–Crippen LogP) is -1.97. The van der Waals surface area contributed by atoms with Crippen molar-refractivity contribution in [3.63, 3.8) is 0 Å². The number of aliphatic hydroxyl groups excluding tert-OH is 1. The molecular formula is C7H17N3O2. The quantitative estimate of drug-likeness (QED) is 0.296. The summed E-state index contributed by atoms with van der Waals surface area (Å²) in [4.78, 5) is 9.40. The predicted molar refractivity (Wildman–Crippen MR) is 46.6 cm³/mol. The molecule has 72 valence electrons. The summed E-state index contributed by atoms with van der Waals surface area (Å²) in [6, 6.07) is 0. The van der Waals surface area contributed by atoms with E-state index in [-0.39, 0.29) is 6.10 Å². The number of nitrogens with two attached hydrogens (primary N) is 1. The van der Waals surface area contributed by atoms with Crippen molar-refractivity contribution >= 4 is 6.41 Å². The van der Waals surface area contributed by atoms with E-state index in [1.807, 2.05) is 0 Å². The molecule has 0 aromatic rings. The van der Waals surface area contributed by atoms with Crippen molar-refractivity contribution in [1.29, 1.82) is 0 Å². The molecule has 5 nitrogen and oxygen atoms in total. The zero-order valence-corrected chi connectivity index (χ0v) is 7.12. The van der Waals surface area contributed by atoms with Crippen molar-refractivity contribution in [2.24, 2.45) is 5.73 Å². The summed E-state index contributed by atoms with van der Waals surface area (Å²) in [5.41, 5.74) is 4.99. The molecule has 0 saturated carbocycles. The lowest BCUT2D eigenvalue weighted by atomic mass is 10.3. The maximum atomic E-state index is 9.40. The van der Waals surface area contributed by atoms with E-state index in [9.17, 15) is 4.79 Å². The Morgan fingerprint density at radius 2 is 2.50 bits per heavy atom. The Kier molecular flexibility index (Phi) is 7.99. The Bertz CT molecular complexity index is 105. The van der Waals surface area contributed by atoms with Crippen molar-refractivity contribution in [3.8, 4) is 0 Å². The monoisotopic (exact) mass is 175 g/mol. The Morgan fingerprint density at radius 1 is 1.75 bits per heavy atom. The van der Waals surface area contributed by atoms with Gasteiger partial charge in [-0.2, -0.15) is 0 Å². The maximum Gasteiger partial charge on any atom is 0.207 e. The minimum Gasteiger partial charge on any atom is -0.392 e. The average Bonchev–Trinajstić information content (AvgIpc) is 2.53. The molecule has 1 fully saturated rings. The third kappa shape index (κ3) is 7.46. The van der Waals surface area contributed by atoms with Crippen LogP contribution >= 0.6 is 0 Å². The van der Waals surface area contributed by atoms with Gasteiger partial charge in [0.15, 0.2) is 0 Å². The Hall–Kier alpha value is -0.650. The molecule has 1 saturated heterocycles. The van der Waals surface area contributed by atoms with Gasteiger partial charge in [-0.1, -0.05) is 0 Å². The van der Waals surface area contributed by atoms with Crippen LogP contribution in [-0.2, 0) is 4.79 Å². The summed E-state index contributed by atoms with van der Waals surface area (Å²) < 4.78 is 0. The molecule has 0 aromatic carbocycles. The van der Waals surface area contributed by atoms with Gasteiger partial charge in [0, 0.05) is 19.6 Å². The number of hydrogen-bond acceptors (Lipinski definition) is 4. The topological polar surface area (TPSA) is 87.4 Å². The van der Waals surface area contributed by atoms with Gasteiger partial charge < -0.3 is 21.5 Å². The number of hydrogen-bond donors (Lipinski definition) is 4. The second-order valence-electron chi connectivity index (χ2n) is 2.51. The first-order valence-corrected chi connectivity index (χ1v) is 4.07. The highest BCUT2D eigenvalue weighted by Gasteiger charge is 2.08. The molecule has 5 N–H and O–H groups in total. The average molecular weight is 175 g/mol. The summed E-state index contributed by atoms with van der Waals surface area (Å²) in [5, 5.41) is 14.1. The van der Waals surface area contributed by atoms with Gasteiger partial charge in [-0.3, -0.25) is 4.79 Å². The zero-order valence-electron chi connectivity index (χ0n) is 7.12. The van der Waals surface area contributed by atoms with E-state index >= 15 is 0 Å². The fourth-order valence-electron chi connectivity index (χ4n) is 0.782. The Morgan fingerprint density at radius 3 is 2.67 bits per heavy atom. The lowest BCUT2D eigenvalue weighted by molar-refractivity contribution is -0.109. The van der Waals surface area contributed by atoms with E-state index in [4.69, 9.17) is 10.8 Å². The molecule has 0 spiro atoms. The van der Waals surface area contributed by atoms with E-state index in [1.54, 1.807) is 0 Å². The van der Waals surface area contributed by atoms with Crippen LogP contribution in [0.5, 0.6) is 0 Å². The maximum absolute atomic E-state index is 9.40. The molecule has 0 aliphatic carbocycles. The number of β-amino-alcohol motifs (C(OH)–C–C–N with tert-alkyl or cyclic N) is 1. The summed E-state index contributed by atoms with van der Waals surface area (Å²) >= 11 is 0. The van der Waals surface area contributed by atoms with Crippen LogP contribution in [0.3, 0.4) is 0 Å². The number of nitrogens with one attached hydrogen (secondary N) is 2. The first kappa shape index (κ1) is 11.4. The van der Waals surface area contributed by atoms with Gasteiger partial charge in [0.25, 0.3) is 0 Å². The van der Waals surface area contributed by atoms with Crippen LogP contribution in [0.4, 0.5) is 0 Å². The van der Waals surface area contributed by atoms with Gasteiger partial charge in [-0.25, -0.2) is 0 Å². The van der Waals surface area contributed by atoms with Gasteiger partial charge >= 0.3 is 0 Å². The lowest BCUT2D eigenvalue weighted by Crippen LogP contribution is -2.20.